The SMILES string of the molecule is O=C(O)c1cc(O)c(O)c(Oc2cc(O)c(O)c(Oc3cc(O)c(O)c(O)c3)c2)c1. The highest BCUT2D eigenvalue weighted by Gasteiger charge is 2.19. The summed E-state index contributed by atoms with van der Waals surface area (Å²) in [5, 5.41) is 76.9. The summed E-state index contributed by atoms with van der Waals surface area (Å²) >= 11 is 0. The maximum absolute atomic E-state index is 11.1. The van der Waals surface area contributed by atoms with Gasteiger partial charge in [0.05, 0.1) is 5.56 Å². The number of benzene rings is 3. The smallest absolute Gasteiger partial charge is 0.335 e. The molecule has 0 radical (unpaired) electrons. The van der Waals surface area contributed by atoms with Gasteiger partial charge in [-0.2, -0.15) is 0 Å². The monoisotopic (exact) mass is 418 g/mol. The van der Waals surface area contributed by atoms with Gasteiger partial charge in [0.25, 0.3) is 0 Å². The quantitative estimate of drug-likeness (QED) is 0.283. The summed E-state index contributed by atoms with van der Waals surface area (Å²) in [7, 11) is 0. The van der Waals surface area contributed by atoms with Gasteiger partial charge in [0, 0.05) is 24.3 Å². The molecule has 0 amide bonds. The van der Waals surface area contributed by atoms with Gasteiger partial charge in [-0.1, -0.05) is 0 Å². The molecule has 0 atom stereocenters. The van der Waals surface area contributed by atoms with Crippen molar-refractivity contribution in [2.24, 2.45) is 0 Å². The van der Waals surface area contributed by atoms with Crippen LogP contribution in [0.2, 0.25) is 0 Å². The summed E-state index contributed by atoms with van der Waals surface area (Å²) in [5.74, 6) is -8.01. The van der Waals surface area contributed by atoms with Gasteiger partial charge in [-0.3, -0.25) is 0 Å². The van der Waals surface area contributed by atoms with E-state index in [-0.39, 0.29) is 11.5 Å². The van der Waals surface area contributed by atoms with Crippen molar-refractivity contribution in [3.63, 3.8) is 0 Å². The molecule has 0 aliphatic carbocycles. The third-order valence-electron chi connectivity index (χ3n) is 3.83. The van der Waals surface area contributed by atoms with E-state index in [2.05, 4.69) is 0 Å². The largest absolute Gasteiger partial charge is 0.504 e. The average Bonchev–Trinajstić information content (AvgIpc) is 2.67. The highest BCUT2D eigenvalue weighted by atomic mass is 16.5. The molecule has 0 aromatic heterocycles. The molecule has 0 fully saturated rings. The van der Waals surface area contributed by atoms with E-state index in [1.54, 1.807) is 0 Å². The topological polar surface area (TPSA) is 197 Å². The number of phenolic OH excluding ortho intramolecular Hbond substituents is 7. The Morgan fingerprint density at radius 3 is 1.47 bits per heavy atom. The third-order valence-corrected chi connectivity index (χ3v) is 3.83. The molecule has 0 saturated carbocycles. The number of ether oxygens (including phenoxy) is 2. The van der Waals surface area contributed by atoms with Crippen LogP contribution in [0, 0.1) is 0 Å². The van der Waals surface area contributed by atoms with Crippen LogP contribution in [0.4, 0.5) is 0 Å². The number of hydrogen-bond donors (Lipinski definition) is 8. The molecule has 30 heavy (non-hydrogen) atoms. The van der Waals surface area contributed by atoms with Crippen LogP contribution in [-0.2, 0) is 0 Å². The lowest BCUT2D eigenvalue weighted by Gasteiger charge is -2.14. The standard InChI is InChI=1S/C19H14O11/c20-10-1-7(19(27)28)2-14(17(10)25)30-9-5-13(23)18(26)15(6-9)29-8-3-11(21)16(24)12(22)4-8/h1-6,20-26H,(H,27,28). The van der Waals surface area contributed by atoms with E-state index in [0.29, 0.717) is 0 Å². The summed E-state index contributed by atoms with van der Waals surface area (Å²) in [5.41, 5.74) is -0.394. The van der Waals surface area contributed by atoms with Crippen molar-refractivity contribution in [3.05, 3.63) is 42.0 Å². The fourth-order valence-corrected chi connectivity index (χ4v) is 2.39. The first kappa shape index (κ1) is 20.1. The van der Waals surface area contributed by atoms with E-state index < -0.39 is 63.3 Å². The van der Waals surface area contributed by atoms with Gasteiger partial charge < -0.3 is 50.3 Å². The molecule has 3 aromatic carbocycles. The molecule has 3 rings (SSSR count). The number of aromatic hydroxyl groups is 7. The normalized spacial score (nSPS) is 10.5. The van der Waals surface area contributed by atoms with E-state index >= 15 is 0 Å². The van der Waals surface area contributed by atoms with Crippen molar-refractivity contribution in [1.29, 1.82) is 0 Å². The predicted octanol–water partition coefficient (Wildman–Crippen LogP) is 2.91. The highest BCUT2D eigenvalue weighted by molar-refractivity contribution is 5.89. The summed E-state index contributed by atoms with van der Waals surface area (Å²) in [6.45, 7) is 0. The van der Waals surface area contributed by atoms with E-state index in [0.717, 1.165) is 36.4 Å². The lowest BCUT2D eigenvalue weighted by atomic mass is 10.2. The predicted molar refractivity (Wildman–Crippen MR) is 98.1 cm³/mol. The fourth-order valence-electron chi connectivity index (χ4n) is 2.39. The summed E-state index contributed by atoms with van der Waals surface area (Å²) in [6.07, 6.45) is 0. The van der Waals surface area contributed by atoms with Crippen LogP contribution in [0.15, 0.2) is 36.4 Å². The van der Waals surface area contributed by atoms with Gasteiger partial charge in [0.15, 0.2) is 34.5 Å². The van der Waals surface area contributed by atoms with Crippen molar-refractivity contribution < 1.29 is 55.1 Å². The minimum absolute atomic E-state index is 0.233. The minimum atomic E-state index is -1.40. The van der Waals surface area contributed by atoms with Crippen molar-refractivity contribution in [1.82, 2.24) is 0 Å². The zero-order valence-electron chi connectivity index (χ0n) is 14.8. The fraction of sp³-hybridized carbons (Fsp3) is 0. The highest BCUT2D eigenvalue weighted by Crippen LogP contribution is 2.46. The molecule has 0 saturated heterocycles. The van der Waals surface area contributed by atoms with Crippen LogP contribution in [0.25, 0.3) is 0 Å². The van der Waals surface area contributed by atoms with Crippen LogP contribution in [0.5, 0.6) is 63.2 Å². The molecule has 156 valence electrons. The molecule has 0 spiro atoms. The number of carbonyl (C=O) groups is 1. The zero-order valence-corrected chi connectivity index (χ0v) is 14.8. The second kappa shape index (κ2) is 7.39. The molecule has 3 aromatic rings. The van der Waals surface area contributed by atoms with Crippen LogP contribution in [0.3, 0.4) is 0 Å². The van der Waals surface area contributed by atoms with Crippen LogP contribution >= 0.6 is 0 Å². The lowest BCUT2D eigenvalue weighted by molar-refractivity contribution is 0.0696. The molecular weight excluding hydrogens is 404 g/mol. The Labute approximate surface area is 167 Å². The van der Waals surface area contributed by atoms with E-state index in [4.69, 9.17) is 14.6 Å². The van der Waals surface area contributed by atoms with Gasteiger partial charge >= 0.3 is 5.97 Å². The lowest BCUT2D eigenvalue weighted by Crippen LogP contribution is -1.97. The van der Waals surface area contributed by atoms with Crippen molar-refractivity contribution in [2.75, 3.05) is 0 Å². The molecule has 0 bridgehead atoms. The molecule has 0 aliphatic rings. The van der Waals surface area contributed by atoms with Gasteiger partial charge in [-0.05, 0) is 12.1 Å². The van der Waals surface area contributed by atoms with Gasteiger partial charge in [0.1, 0.15) is 11.5 Å². The molecule has 11 nitrogen and oxygen atoms in total. The Hall–Kier alpha value is -4.67. The van der Waals surface area contributed by atoms with Crippen molar-refractivity contribution in [3.8, 4) is 63.2 Å². The first-order chi connectivity index (χ1) is 14.1. The molecule has 0 heterocycles. The van der Waals surface area contributed by atoms with Gasteiger partial charge in [-0.25, -0.2) is 4.79 Å². The maximum Gasteiger partial charge on any atom is 0.335 e. The number of hydrogen-bond acceptors (Lipinski definition) is 10. The number of rotatable bonds is 5. The second-order valence-corrected chi connectivity index (χ2v) is 5.95. The van der Waals surface area contributed by atoms with E-state index in [1.165, 1.54) is 0 Å². The Morgan fingerprint density at radius 2 is 0.967 bits per heavy atom. The molecular formula is C19H14O11. The third kappa shape index (κ3) is 3.80. The Balaban J connectivity index is 1.99. The van der Waals surface area contributed by atoms with Gasteiger partial charge in [0.2, 0.25) is 17.2 Å². The van der Waals surface area contributed by atoms with Crippen LogP contribution < -0.4 is 9.47 Å². The first-order valence-electron chi connectivity index (χ1n) is 8.02. The summed E-state index contributed by atoms with van der Waals surface area (Å²) in [4.78, 5) is 11.1. The number of aromatic carboxylic acids is 1. The number of carboxylic acids is 1. The second-order valence-electron chi connectivity index (χ2n) is 5.95. The first-order valence-corrected chi connectivity index (χ1v) is 8.02. The molecule has 0 aliphatic heterocycles. The van der Waals surface area contributed by atoms with Gasteiger partial charge in [-0.15, -0.1) is 0 Å². The van der Waals surface area contributed by atoms with E-state index in [1.807, 2.05) is 0 Å². The average molecular weight is 418 g/mol. The number of phenols is 7. The van der Waals surface area contributed by atoms with Crippen molar-refractivity contribution >= 4 is 5.97 Å². The van der Waals surface area contributed by atoms with E-state index in [9.17, 15) is 40.5 Å². The maximum atomic E-state index is 11.1. The molecule has 11 heteroatoms. The summed E-state index contributed by atoms with van der Waals surface area (Å²) in [6, 6.07) is 5.49. The minimum Gasteiger partial charge on any atom is -0.504 e. The molecule has 0 unspecified atom stereocenters. The van der Waals surface area contributed by atoms with Crippen LogP contribution in [-0.4, -0.2) is 46.8 Å². The number of carboxylic acid groups (broad SMARTS) is 1. The Kier molecular flexibility index (Phi) is 4.95. The van der Waals surface area contributed by atoms with Crippen LogP contribution in [0.1, 0.15) is 10.4 Å². The van der Waals surface area contributed by atoms with Crippen molar-refractivity contribution in [2.45, 2.75) is 0 Å². The zero-order chi connectivity index (χ0) is 22.2. The summed E-state index contributed by atoms with van der Waals surface area (Å²) < 4.78 is 10.6. The molecule has 8 N–H and O–H groups in total. The Bertz CT molecular complexity index is 1130. The Morgan fingerprint density at radius 1 is 0.567 bits per heavy atom.